The molecule has 0 saturated heterocycles. The van der Waals surface area contributed by atoms with E-state index < -0.39 is 76.8 Å². The lowest BCUT2D eigenvalue weighted by Crippen LogP contribution is -2.29. The van der Waals surface area contributed by atoms with Crippen molar-refractivity contribution < 1.29 is 120 Å². The quantitative estimate of drug-likeness (QED) is 0.0127. The number of unbranched alkanes of at least 4 members (excludes halogenated alkanes) is 5. The van der Waals surface area contributed by atoms with Crippen LogP contribution in [0.15, 0.2) is 273 Å². The zero-order chi connectivity index (χ0) is 107. The van der Waals surface area contributed by atoms with Gasteiger partial charge in [0.25, 0.3) is 0 Å². The molecule has 784 valence electrons. The summed E-state index contributed by atoms with van der Waals surface area (Å²) < 4.78 is 179. The number of carbonyl (C=O) groups excluding carboxylic acids is 7. The smallest absolute Gasteiger partial charge is 0.459 e. The molecule has 148 heavy (non-hydrogen) atoms. The summed E-state index contributed by atoms with van der Waals surface area (Å²) >= 11 is 0. The highest BCUT2D eigenvalue weighted by molar-refractivity contribution is 5.94. The van der Waals surface area contributed by atoms with E-state index in [1.165, 1.54) is 161 Å². The predicted molar refractivity (Wildman–Crippen MR) is 549 cm³/mol. The minimum Gasteiger partial charge on any atom is -0.459 e. The summed E-state index contributed by atoms with van der Waals surface area (Å²) in [6.07, 6.45) is 22.6. The average Bonchev–Trinajstić information content (AvgIpc) is 0.851. The molecule has 15 rings (SSSR count). The van der Waals surface area contributed by atoms with Gasteiger partial charge >= 0.3 is 54.3 Å². The number of rotatable bonds is 32. The van der Waals surface area contributed by atoms with Gasteiger partial charge in [-0.3, -0.25) is 4.79 Å². The average molecular weight is 2040 g/mol. The van der Waals surface area contributed by atoms with Crippen molar-refractivity contribution in [2.45, 2.75) is 247 Å². The van der Waals surface area contributed by atoms with E-state index in [0.717, 1.165) is 166 Å². The van der Waals surface area contributed by atoms with Crippen molar-refractivity contribution >= 4 is 41.8 Å². The molecule has 15 nitrogen and oxygen atoms in total. The lowest BCUT2D eigenvalue weighted by Gasteiger charge is -2.37. The maximum Gasteiger partial charge on any atom is 0.573 e. The second kappa shape index (κ2) is 59.1. The number of halogens is 11. The molecule has 0 atom stereocenters. The highest BCUT2D eigenvalue weighted by Crippen LogP contribution is 2.43. The van der Waals surface area contributed by atoms with Gasteiger partial charge in [-0.15, -0.1) is 13.2 Å². The van der Waals surface area contributed by atoms with Crippen molar-refractivity contribution in [3.8, 4) is 51.4 Å². The highest BCUT2D eigenvalue weighted by atomic mass is 19.4. The summed E-state index contributed by atoms with van der Waals surface area (Å²) in [5.41, 5.74) is 10.9. The summed E-state index contributed by atoms with van der Waals surface area (Å²) in [5, 5.41) is 0. The molecule has 26 heteroatoms. The van der Waals surface area contributed by atoms with Gasteiger partial charge in [0.05, 0.1) is 44.9 Å². The van der Waals surface area contributed by atoms with Gasteiger partial charge in [-0.05, 0) is 335 Å². The third-order valence-electron chi connectivity index (χ3n) is 26.4. The van der Waals surface area contributed by atoms with Crippen LogP contribution in [0.3, 0.4) is 0 Å². The van der Waals surface area contributed by atoms with E-state index in [4.69, 9.17) is 33.2 Å². The number of alkyl halides is 6. The number of aryl methyl sites for hydroxylation is 6. The van der Waals surface area contributed by atoms with Crippen molar-refractivity contribution in [2.75, 3.05) is 0 Å². The predicted octanol–water partition coefficient (Wildman–Crippen LogP) is 32.7. The molecule has 0 aliphatic heterocycles. The molecule has 12 aromatic carbocycles. The van der Waals surface area contributed by atoms with E-state index in [-0.39, 0.29) is 69.6 Å². The number of carbonyl (C=O) groups is 7. The first-order chi connectivity index (χ1) is 71.1. The third kappa shape index (κ3) is 38.3. The van der Waals surface area contributed by atoms with Gasteiger partial charge in [0, 0.05) is 18.2 Å². The molecule has 0 N–H and O–H groups in total. The SMILES string of the molecule is CCC1CCC(C(=O)Oc2ccc(C(F)(F)F)cc2)CC1.CCCCCC1CCC(C2CCC(OC(=O)c3ccc(CC)cc3)CC2)CC1.CCCCCCc1ccc(-c2ccc(OC(=O)c3ccc(CC)cc3)cc2)cc1.CCc1ccc(C(=O)Oc2cc(F)c(F)c(F)c2)cc1.CCc1ccc(C(=O)Oc2ccc(C(=O)Oc3ccc(F)c(F)c3)cc2)cc1.CCc1ccc(OC(=O)c2ccc(OC(F)(F)F)cc2)cc1. The Kier molecular flexibility index (Phi) is 46.3. The van der Waals surface area contributed by atoms with E-state index in [1.807, 2.05) is 118 Å². The largest absolute Gasteiger partial charge is 0.573 e. The molecular formula is C122H129F11O15. The molecule has 3 saturated carbocycles. The van der Waals surface area contributed by atoms with Crippen LogP contribution in [0.4, 0.5) is 48.3 Å². The first-order valence-electron chi connectivity index (χ1n) is 51.0. The van der Waals surface area contributed by atoms with Gasteiger partial charge < -0.3 is 37.9 Å². The Balaban J connectivity index is 0.000000183. The molecule has 3 aliphatic carbocycles. The highest BCUT2D eigenvalue weighted by Gasteiger charge is 2.35. The Hall–Kier alpha value is -14.0. The minimum atomic E-state index is -4.76. The Morgan fingerprint density at radius 1 is 0.284 bits per heavy atom. The fourth-order valence-corrected chi connectivity index (χ4v) is 17.3. The standard InChI is InChI=1S/C27H30O2.C26H40O2.C22H16F2O4.C16H13F3O3.C16H19F3O2.C15H11F3O2/c1-3-5-6-7-8-22-11-13-23(14-12-22)24-17-19-26(20-18-24)29-27(28)25-15-9-21(4-2)10-16-25;1-3-5-6-7-21-10-12-22(13-11-21)23-16-18-25(19-17-23)28-26(27)24-14-8-20(4-2)9-15-24;1-2-14-3-5-15(6-4-14)21(25)27-17-9-7-16(8-10-17)22(26)28-18-11-12-19(23)20(24)13-18;1-2-11-3-7-13(8-4-11)21-15(20)12-5-9-14(10-6-12)22-16(17,18)19;1-2-11-3-5-12(6-4-11)15(20)21-14-9-7-13(8-10-14)16(17,18)19;1-2-9-3-5-10(6-4-9)15(19)20-11-7-12(16)14(18)13(17)8-11/h9-20H,3-8H2,1-2H3;8-9,14-15,21-23,25H,3-7,10-13,16-19H2,1-2H3;3-13H,2H2,1H3;3-10H,2H2,1H3;7-12H,2-6H2,1H3;3-8H,2H2,1H3. The zero-order valence-electron chi connectivity index (χ0n) is 84.8. The molecule has 3 aliphatic rings. The van der Waals surface area contributed by atoms with Crippen LogP contribution in [-0.4, -0.2) is 54.3 Å². The summed E-state index contributed by atoms with van der Waals surface area (Å²) in [7, 11) is 0. The fraction of sp³-hybridized carbons (Fsp3) is 0.352. The van der Waals surface area contributed by atoms with Crippen LogP contribution < -0.4 is 33.2 Å². The summed E-state index contributed by atoms with van der Waals surface area (Å²) in [6, 6.07) is 71.2. The van der Waals surface area contributed by atoms with Crippen molar-refractivity contribution in [3.63, 3.8) is 0 Å². The number of hydrogen-bond acceptors (Lipinski definition) is 15. The molecule has 0 amide bonds. The summed E-state index contributed by atoms with van der Waals surface area (Å²) in [5.74, 6) is -6.21. The van der Waals surface area contributed by atoms with Crippen LogP contribution in [0, 0.1) is 58.7 Å². The second-order valence-corrected chi connectivity index (χ2v) is 36.8. The van der Waals surface area contributed by atoms with Crippen molar-refractivity contribution in [1.29, 1.82) is 0 Å². The number of hydrogen-bond donors (Lipinski definition) is 0. The topological polar surface area (TPSA) is 193 Å². The van der Waals surface area contributed by atoms with Crippen molar-refractivity contribution in [2.24, 2.45) is 29.6 Å². The van der Waals surface area contributed by atoms with Gasteiger partial charge in [0.15, 0.2) is 29.1 Å². The molecular weight excluding hydrogens is 1910 g/mol. The van der Waals surface area contributed by atoms with E-state index in [9.17, 15) is 81.9 Å². The Labute approximate surface area is 859 Å². The Bertz CT molecular complexity index is 6110. The first kappa shape index (κ1) is 116. The zero-order valence-corrected chi connectivity index (χ0v) is 84.8. The van der Waals surface area contributed by atoms with Crippen LogP contribution in [0.1, 0.15) is 291 Å². The second-order valence-electron chi connectivity index (χ2n) is 36.8. The van der Waals surface area contributed by atoms with Gasteiger partial charge in [-0.1, -0.05) is 217 Å². The first-order valence-corrected chi connectivity index (χ1v) is 51.0. The monoisotopic (exact) mass is 2040 g/mol. The molecule has 0 radical (unpaired) electrons. The summed E-state index contributed by atoms with van der Waals surface area (Å²) in [4.78, 5) is 84.6. The van der Waals surface area contributed by atoms with Crippen LogP contribution in [0.25, 0.3) is 11.1 Å². The molecule has 0 unspecified atom stereocenters. The number of benzene rings is 12. The molecule has 0 aromatic heterocycles. The van der Waals surface area contributed by atoms with Crippen molar-refractivity contribution in [3.05, 3.63) is 374 Å². The Morgan fingerprint density at radius 2 is 0.601 bits per heavy atom. The maximum absolute atomic E-state index is 13.2. The van der Waals surface area contributed by atoms with Crippen LogP contribution in [0.2, 0.25) is 0 Å². The molecule has 12 aromatic rings. The van der Waals surface area contributed by atoms with E-state index in [1.54, 1.807) is 48.5 Å². The molecule has 0 bridgehead atoms. The van der Waals surface area contributed by atoms with Crippen molar-refractivity contribution in [1.82, 2.24) is 0 Å². The lowest BCUT2D eigenvalue weighted by molar-refractivity contribution is -0.274. The van der Waals surface area contributed by atoms with Crippen LogP contribution >= 0.6 is 0 Å². The number of ether oxygens (including phenoxy) is 8. The van der Waals surface area contributed by atoms with Crippen LogP contribution in [-0.2, 0) is 54.2 Å². The molecule has 0 heterocycles. The minimum absolute atomic E-state index is 0.116. The maximum atomic E-state index is 13.2. The number of esters is 7. The van der Waals surface area contributed by atoms with E-state index >= 15 is 0 Å². The molecule has 3 fully saturated rings. The van der Waals surface area contributed by atoms with Gasteiger partial charge in [-0.25, -0.2) is 50.7 Å². The third-order valence-corrected chi connectivity index (χ3v) is 26.4. The summed E-state index contributed by atoms with van der Waals surface area (Å²) in [6.45, 7) is 16.9. The van der Waals surface area contributed by atoms with E-state index in [2.05, 4.69) is 63.6 Å². The normalized spacial score (nSPS) is 15.7. The molecule has 0 spiro atoms. The Morgan fingerprint density at radius 3 is 0.993 bits per heavy atom. The fourth-order valence-electron chi connectivity index (χ4n) is 17.3. The van der Waals surface area contributed by atoms with E-state index in [0.29, 0.717) is 46.2 Å². The van der Waals surface area contributed by atoms with Gasteiger partial charge in [-0.2, -0.15) is 13.2 Å². The van der Waals surface area contributed by atoms with Gasteiger partial charge in [0.1, 0.15) is 46.4 Å². The lowest BCUT2D eigenvalue weighted by atomic mass is 9.70. The van der Waals surface area contributed by atoms with Gasteiger partial charge in [0.2, 0.25) is 0 Å². The van der Waals surface area contributed by atoms with Crippen LogP contribution in [0.5, 0.6) is 40.2 Å².